The third kappa shape index (κ3) is 4.31. The van der Waals surface area contributed by atoms with Gasteiger partial charge in [-0.15, -0.1) is 0 Å². The first-order valence-corrected chi connectivity index (χ1v) is 7.70. The number of nitrogens with one attached hydrogen (secondary N) is 1. The van der Waals surface area contributed by atoms with Crippen molar-refractivity contribution in [1.82, 2.24) is 5.32 Å². The van der Waals surface area contributed by atoms with Crippen molar-refractivity contribution in [3.63, 3.8) is 0 Å². The molecule has 5 nitrogen and oxygen atoms in total. The molecule has 1 amide bonds. The molecule has 0 radical (unpaired) electrons. The van der Waals surface area contributed by atoms with Crippen molar-refractivity contribution in [1.29, 1.82) is 0 Å². The summed E-state index contributed by atoms with van der Waals surface area (Å²) in [5.74, 6) is -1.07. The van der Waals surface area contributed by atoms with Gasteiger partial charge in [0.25, 0.3) is 0 Å². The molecule has 0 aliphatic heterocycles. The fourth-order valence-electron chi connectivity index (χ4n) is 3.07. The summed E-state index contributed by atoms with van der Waals surface area (Å²) in [6.07, 6.45) is 3.69. The lowest BCUT2D eigenvalue weighted by molar-refractivity contribution is -0.142. The van der Waals surface area contributed by atoms with Gasteiger partial charge in [-0.2, -0.15) is 0 Å². The maximum atomic E-state index is 11.7. The Bertz CT molecular complexity index is 529. The van der Waals surface area contributed by atoms with Crippen molar-refractivity contribution in [2.45, 2.75) is 44.1 Å². The number of aryl methyl sites for hydroxylation is 1. The van der Waals surface area contributed by atoms with E-state index in [4.69, 9.17) is 4.74 Å². The maximum Gasteiger partial charge on any atom is 0.326 e. The van der Waals surface area contributed by atoms with Crippen LogP contribution in [-0.2, 0) is 20.7 Å². The number of ether oxygens (including phenoxy) is 1. The number of hydrogen-bond acceptors (Lipinski definition) is 3. The van der Waals surface area contributed by atoms with E-state index in [1.807, 2.05) is 12.1 Å². The van der Waals surface area contributed by atoms with Crippen LogP contribution in [0.1, 0.15) is 42.7 Å². The molecule has 2 rings (SSSR count). The highest BCUT2D eigenvalue weighted by atomic mass is 16.5. The third-order valence-corrected chi connectivity index (χ3v) is 4.18. The molecule has 22 heavy (non-hydrogen) atoms. The van der Waals surface area contributed by atoms with Gasteiger partial charge in [-0.05, 0) is 42.7 Å². The van der Waals surface area contributed by atoms with E-state index in [2.05, 4.69) is 17.4 Å². The van der Waals surface area contributed by atoms with Crippen LogP contribution in [0.25, 0.3) is 0 Å². The molecule has 0 saturated carbocycles. The summed E-state index contributed by atoms with van der Waals surface area (Å²) in [4.78, 5) is 23.2. The molecule has 1 aromatic carbocycles. The fraction of sp³-hybridized carbons (Fsp3) is 0.529. The van der Waals surface area contributed by atoms with Crippen molar-refractivity contribution >= 4 is 11.9 Å². The first-order chi connectivity index (χ1) is 10.6. The van der Waals surface area contributed by atoms with Gasteiger partial charge in [-0.1, -0.05) is 24.3 Å². The number of benzene rings is 1. The number of carbonyl (C=O) groups excluding carboxylic acids is 1. The average molecular weight is 305 g/mol. The maximum absolute atomic E-state index is 11.7. The molecule has 2 atom stereocenters. The zero-order valence-corrected chi connectivity index (χ0v) is 12.9. The standard InChI is InChI=1S/C17H23NO4/c1-22-10-9-16(19)18-15(17(20)21)11-13-7-4-6-12-5-2-3-8-14(12)13/h2-3,5,8,13,15H,4,6-7,9-11H2,1H3,(H,18,19)(H,20,21). The van der Waals surface area contributed by atoms with Crippen molar-refractivity contribution < 1.29 is 19.4 Å². The van der Waals surface area contributed by atoms with Crippen molar-refractivity contribution in [2.24, 2.45) is 0 Å². The largest absolute Gasteiger partial charge is 0.480 e. The van der Waals surface area contributed by atoms with E-state index in [9.17, 15) is 14.7 Å². The number of hydrogen-bond donors (Lipinski definition) is 2. The Balaban J connectivity index is 2.03. The summed E-state index contributed by atoms with van der Waals surface area (Å²) in [6, 6.07) is 7.34. The van der Waals surface area contributed by atoms with Crippen LogP contribution in [0.2, 0.25) is 0 Å². The zero-order valence-electron chi connectivity index (χ0n) is 12.9. The molecule has 1 aliphatic carbocycles. The van der Waals surface area contributed by atoms with Crippen LogP contribution < -0.4 is 5.32 Å². The third-order valence-electron chi connectivity index (χ3n) is 4.18. The molecule has 0 bridgehead atoms. The van der Waals surface area contributed by atoms with Crippen molar-refractivity contribution in [3.8, 4) is 0 Å². The smallest absolute Gasteiger partial charge is 0.326 e. The van der Waals surface area contributed by atoms with Gasteiger partial charge in [0.15, 0.2) is 0 Å². The molecular formula is C17H23NO4. The summed E-state index contributed by atoms with van der Waals surface area (Å²) < 4.78 is 4.84. The number of carboxylic acid groups (broad SMARTS) is 1. The minimum atomic E-state index is -0.978. The average Bonchev–Trinajstić information content (AvgIpc) is 2.52. The molecule has 0 heterocycles. The lowest BCUT2D eigenvalue weighted by atomic mass is 9.79. The van der Waals surface area contributed by atoms with E-state index in [0.29, 0.717) is 13.0 Å². The first-order valence-electron chi connectivity index (χ1n) is 7.70. The van der Waals surface area contributed by atoms with E-state index >= 15 is 0 Å². The van der Waals surface area contributed by atoms with Crippen LogP contribution >= 0.6 is 0 Å². The molecule has 0 aromatic heterocycles. The van der Waals surface area contributed by atoms with Crippen LogP contribution in [0.15, 0.2) is 24.3 Å². The monoisotopic (exact) mass is 305 g/mol. The Kier molecular flexibility index (Phi) is 5.95. The first kappa shape index (κ1) is 16.5. The number of aliphatic carboxylic acids is 1. The number of carbonyl (C=O) groups is 2. The van der Waals surface area contributed by atoms with E-state index in [0.717, 1.165) is 19.3 Å². The molecule has 0 saturated heterocycles. The van der Waals surface area contributed by atoms with Gasteiger partial charge in [0, 0.05) is 13.5 Å². The normalized spacial score (nSPS) is 18.3. The minimum Gasteiger partial charge on any atom is -0.480 e. The van der Waals surface area contributed by atoms with Crippen LogP contribution in [0.5, 0.6) is 0 Å². The number of methoxy groups -OCH3 is 1. The lowest BCUT2D eigenvalue weighted by Gasteiger charge is -2.28. The van der Waals surface area contributed by atoms with E-state index < -0.39 is 12.0 Å². The fourth-order valence-corrected chi connectivity index (χ4v) is 3.07. The van der Waals surface area contributed by atoms with Crippen molar-refractivity contribution in [3.05, 3.63) is 35.4 Å². The second kappa shape index (κ2) is 7.94. The SMILES string of the molecule is COCCC(=O)NC(CC1CCCc2ccccc21)C(=O)O. The highest BCUT2D eigenvalue weighted by Crippen LogP contribution is 2.34. The van der Waals surface area contributed by atoms with Crippen molar-refractivity contribution in [2.75, 3.05) is 13.7 Å². The van der Waals surface area contributed by atoms with Crippen LogP contribution in [-0.4, -0.2) is 36.7 Å². The predicted molar refractivity (Wildman–Crippen MR) is 82.8 cm³/mol. The van der Waals surface area contributed by atoms with Gasteiger partial charge in [0.05, 0.1) is 6.61 Å². The number of rotatable bonds is 7. The van der Waals surface area contributed by atoms with Gasteiger partial charge in [-0.25, -0.2) is 4.79 Å². The molecule has 1 aliphatic rings. The second-order valence-corrected chi connectivity index (χ2v) is 5.72. The predicted octanol–water partition coefficient (Wildman–Crippen LogP) is 2.10. The molecule has 1 aromatic rings. The second-order valence-electron chi connectivity index (χ2n) is 5.72. The quantitative estimate of drug-likeness (QED) is 0.809. The molecule has 2 unspecified atom stereocenters. The summed E-state index contributed by atoms with van der Waals surface area (Å²) in [5.41, 5.74) is 2.53. The number of carboxylic acids is 1. The van der Waals surface area contributed by atoms with E-state index in [1.165, 1.54) is 18.2 Å². The Labute approximate surface area is 130 Å². The Hall–Kier alpha value is -1.88. The van der Waals surface area contributed by atoms with Crippen LogP contribution in [0.4, 0.5) is 0 Å². The molecular weight excluding hydrogens is 282 g/mol. The van der Waals surface area contributed by atoms with E-state index in [-0.39, 0.29) is 18.2 Å². The topological polar surface area (TPSA) is 75.6 Å². The van der Waals surface area contributed by atoms with Gasteiger partial charge in [0.2, 0.25) is 5.91 Å². The lowest BCUT2D eigenvalue weighted by Crippen LogP contribution is -2.42. The summed E-state index contributed by atoms with van der Waals surface area (Å²) in [6.45, 7) is 0.296. The van der Waals surface area contributed by atoms with Gasteiger partial charge in [0.1, 0.15) is 6.04 Å². The van der Waals surface area contributed by atoms with E-state index in [1.54, 1.807) is 0 Å². The Morgan fingerprint density at radius 2 is 2.18 bits per heavy atom. The van der Waals surface area contributed by atoms with Gasteiger partial charge in [-0.3, -0.25) is 4.79 Å². The summed E-state index contributed by atoms with van der Waals surface area (Å²) in [5, 5.41) is 12.0. The Morgan fingerprint density at radius 3 is 2.91 bits per heavy atom. The Morgan fingerprint density at radius 1 is 1.41 bits per heavy atom. The summed E-state index contributed by atoms with van der Waals surface area (Å²) >= 11 is 0. The molecule has 5 heteroatoms. The highest BCUT2D eigenvalue weighted by molar-refractivity contribution is 5.83. The molecule has 2 N–H and O–H groups in total. The number of amides is 1. The number of fused-ring (bicyclic) bond motifs is 1. The van der Waals surface area contributed by atoms with Crippen LogP contribution in [0.3, 0.4) is 0 Å². The summed E-state index contributed by atoms with van der Waals surface area (Å²) in [7, 11) is 1.51. The molecule has 120 valence electrons. The minimum absolute atomic E-state index is 0.182. The van der Waals surface area contributed by atoms with Crippen LogP contribution in [0, 0.1) is 0 Å². The van der Waals surface area contributed by atoms with Gasteiger partial charge >= 0.3 is 5.97 Å². The molecule has 0 spiro atoms. The highest BCUT2D eigenvalue weighted by Gasteiger charge is 2.27. The zero-order chi connectivity index (χ0) is 15.9. The van der Waals surface area contributed by atoms with Gasteiger partial charge < -0.3 is 15.2 Å². The molecule has 0 fully saturated rings.